The van der Waals surface area contributed by atoms with E-state index in [0.717, 1.165) is 13.0 Å². The molecule has 0 aromatic carbocycles. The first-order valence-corrected chi connectivity index (χ1v) is 5.94. The van der Waals surface area contributed by atoms with Crippen molar-refractivity contribution in [1.82, 2.24) is 5.32 Å². The zero-order chi connectivity index (χ0) is 10.1. The Balaban J connectivity index is 2.05. The first kappa shape index (κ1) is 10.2. The SMILES string of the molecule is CC1CC(=O)C(C2CCCN2)C(C)C1. The summed E-state index contributed by atoms with van der Waals surface area (Å²) in [5.41, 5.74) is 0. The van der Waals surface area contributed by atoms with Gasteiger partial charge in [-0.3, -0.25) is 4.79 Å². The van der Waals surface area contributed by atoms with E-state index in [1.807, 2.05) is 0 Å². The monoisotopic (exact) mass is 195 g/mol. The van der Waals surface area contributed by atoms with Gasteiger partial charge in [-0.15, -0.1) is 0 Å². The minimum absolute atomic E-state index is 0.314. The largest absolute Gasteiger partial charge is 0.313 e. The summed E-state index contributed by atoms with van der Waals surface area (Å²) >= 11 is 0. The summed E-state index contributed by atoms with van der Waals surface area (Å²) in [5, 5.41) is 3.48. The third-order valence-electron chi connectivity index (χ3n) is 3.84. The van der Waals surface area contributed by atoms with Crippen LogP contribution in [-0.4, -0.2) is 18.4 Å². The van der Waals surface area contributed by atoms with Crippen LogP contribution in [0, 0.1) is 17.8 Å². The van der Waals surface area contributed by atoms with Gasteiger partial charge in [-0.25, -0.2) is 0 Å². The summed E-state index contributed by atoms with van der Waals surface area (Å²) in [5.74, 6) is 2.02. The van der Waals surface area contributed by atoms with Gasteiger partial charge in [0.05, 0.1) is 0 Å². The average Bonchev–Trinajstić information content (AvgIpc) is 2.54. The van der Waals surface area contributed by atoms with Gasteiger partial charge in [0.2, 0.25) is 0 Å². The summed E-state index contributed by atoms with van der Waals surface area (Å²) < 4.78 is 0. The Morgan fingerprint density at radius 2 is 2.14 bits per heavy atom. The van der Waals surface area contributed by atoms with Crippen LogP contribution in [-0.2, 0) is 4.79 Å². The molecule has 2 aliphatic rings. The number of carbonyl (C=O) groups is 1. The number of Topliss-reactive ketones (excluding diaryl/α,β-unsaturated/α-hetero) is 1. The van der Waals surface area contributed by atoms with Gasteiger partial charge in [0.25, 0.3) is 0 Å². The second-order valence-electron chi connectivity index (χ2n) is 5.22. The molecule has 1 saturated carbocycles. The van der Waals surface area contributed by atoms with Crippen molar-refractivity contribution in [2.75, 3.05) is 6.54 Å². The molecule has 2 fully saturated rings. The number of nitrogens with one attached hydrogen (secondary N) is 1. The number of ketones is 1. The summed E-state index contributed by atoms with van der Waals surface area (Å²) in [6, 6.07) is 0.491. The molecule has 0 aromatic rings. The second kappa shape index (κ2) is 4.01. The summed E-state index contributed by atoms with van der Waals surface area (Å²) in [6.07, 6.45) is 4.49. The van der Waals surface area contributed by atoms with Gasteiger partial charge in [-0.05, 0) is 37.6 Å². The lowest BCUT2D eigenvalue weighted by Gasteiger charge is -2.35. The molecule has 0 amide bonds. The molecular formula is C12H21NO. The van der Waals surface area contributed by atoms with E-state index in [0.29, 0.717) is 29.6 Å². The van der Waals surface area contributed by atoms with Gasteiger partial charge < -0.3 is 5.32 Å². The first-order valence-electron chi connectivity index (χ1n) is 5.94. The van der Waals surface area contributed by atoms with Gasteiger partial charge in [0.15, 0.2) is 0 Å². The van der Waals surface area contributed by atoms with E-state index in [1.165, 1.54) is 19.3 Å². The highest BCUT2D eigenvalue weighted by molar-refractivity contribution is 5.83. The number of hydrogen-bond donors (Lipinski definition) is 1. The summed E-state index contributed by atoms with van der Waals surface area (Å²) in [7, 11) is 0. The lowest BCUT2D eigenvalue weighted by Crippen LogP contribution is -2.43. The maximum absolute atomic E-state index is 12.0. The average molecular weight is 195 g/mol. The van der Waals surface area contributed by atoms with Crippen LogP contribution in [0.5, 0.6) is 0 Å². The van der Waals surface area contributed by atoms with E-state index in [9.17, 15) is 4.79 Å². The van der Waals surface area contributed by atoms with Gasteiger partial charge in [0, 0.05) is 18.4 Å². The number of hydrogen-bond acceptors (Lipinski definition) is 2. The van der Waals surface area contributed by atoms with Crippen molar-refractivity contribution in [3.8, 4) is 0 Å². The lowest BCUT2D eigenvalue weighted by atomic mass is 9.71. The molecule has 14 heavy (non-hydrogen) atoms. The lowest BCUT2D eigenvalue weighted by molar-refractivity contribution is -0.129. The predicted molar refractivity (Wildman–Crippen MR) is 57.1 cm³/mol. The Labute approximate surface area is 86.5 Å². The van der Waals surface area contributed by atoms with Crippen molar-refractivity contribution >= 4 is 5.78 Å². The van der Waals surface area contributed by atoms with Crippen LogP contribution in [0.3, 0.4) is 0 Å². The van der Waals surface area contributed by atoms with Crippen molar-refractivity contribution in [2.24, 2.45) is 17.8 Å². The van der Waals surface area contributed by atoms with Crippen LogP contribution in [0.15, 0.2) is 0 Å². The van der Waals surface area contributed by atoms with Gasteiger partial charge in [-0.2, -0.15) is 0 Å². The Hall–Kier alpha value is -0.370. The van der Waals surface area contributed by atoms with Gasteiger partial charge >= 0.3 is 0 Å². The molecule has 1 aliphatic heterocycles. The van der Waals surface area contributed by atoms with Crippen molar-refractivity contribution < 1.29 is 4.79 Å². The fourth-order valence-electron chi connectivity index (χ4n) is 3.30. The van der Waals surface area contributed by atoms with Gasteiger partial charge in [0.1, 0.15) is 5.78 Å². The molecule has 2 rings (SSSR count). The third kappa shape index (κ3) is 1.85. The molecule has 1 aliphatic carbocycles. The molecule has 1 saturated heterocycles. The smallest absolute Gasteiger partial charge is 0.138 e. The summed E-state index contributed by atoms with van der Waals surface area (Å²) in [4.78, 5) is 12.0. The van der Waals surface area contributed by atoms with Crippen LogP contribution in [0.1, 0.15) is 39.5 Å². The van der Waals surface area contributed by atoms with Crippen molar-refractivity contribution in [3.05, 3.63) is 0 Å². The van der Waals surface area contributed by atoms with E-state index in [-0.39, 0.29) is 0 Å². The highest BCUT2D eigenvalue weighted by atomic mass is 16.1. The molecule has 2 nitrogen and oxygen atoms in total. The molecule has 80 valence electrons. The molecule has 4 unspecified atom stereocenters. The van der Waals surface area contributed by atoms with Crippen LogP contribution >= 0.6 is 0 Å². The highest BCUT2D eigenvalue weighted by Crippen LogP contribution is 2.35. The minimum Gasteiger partial charge on any atom is -0.313 e. The Bertz CT molecular complexity index is 220. The first-order chi connectivity index (χ1) is 6.68. The van der Waals surface area contributed by atoms with Crippen LogP contribution in [0.4, 0.5) is 0 Å². The molecule has 4 atom stereocenters. The molecule has 0 aromatic heterocycles. The van der Waals surface area contributed by atoms with Crippen molar-refractivity contribution in [3.63, 3.8) is 0 Å². The zero-order valence-electron chi connectivity index (χ0n) is 9.25. The molecule has 1 N–H and O–H groups in total. The molecule has 0 radical (unpaired) electrons. The fraction of sp³-hybridized carbons (Fsp3) is 0.917. The van der Waals surface area contributed by atoms with Crippen molar-refractivity contribution in [2.45, 2.75) is 45.6 Å². The highest BCUT2D eigenvalue weighted by Gasteiger charge is 2.38. The van der Waals surface area contributed by atoms with Crippen LogP contribution in [0.25, 0.3) is 0 Å². The van der Waals surface area contributed by atoms with E-state index in [1.54, 1.807) is 0 Å². The topological polar surface area (TPSA) is 29.1 Å². The minimum atomic E-state index is 0.314. The van der Waals surface area contributed by atoms with E-state index >= 15 is 0 Å². The Kier molecular flexibility index (Phi) is 2.91. The number of rotatable bonds is 1. The fourth-order valence-corrected chi connectivity index (χ4v) is 3.30. The molecule has 2 heteroatoms. The quantitative estimate of drug-likeness (QED) is 0.693. The predicted octanol–water partition coefficient (Wildman–Crippen LogP) is 1.99. The normalized spacial score (nSPS) is 44.3. The Morgan fingerprint density at radius 1 is 1.36 bits per heavy atom. The van der Waals surface area contributed by atoms with Crippen molar-refractivity contribution in [1.29, 1.82) is 0 Å². The summed E-state index contributed by atoms with van der Waals surface area (Å²) in [6.45, 7) is 5.56. The molecule has 0 spiro atoms. The van der Waals surface area contributed by atoms with E-state index < -0.39 is 0 Å². The molecule has 1 heterocycles. The third-order valence-corrected chi connectivity index (χ3v) is 3.84. The molecule has 0 bridgehead atoms. The van der Waals surface area contributed by atoms with E-state index in [4.69, 9.17) is 0 Å². The Morgan fingerprint density at radius 3 is 2.71 bits per heavy atom. The number of carbonyl (C=O) groups excluding carboxylic acids is 1. The zero-order valence-corrected chi connectivity index (χ0v) is 9.25. The maximum Gasteiger partial charge on any atom is 0.138 e. The van der Waals surface area contributed by atoms with Gasteiger partial charge in [-0.1, -0.05) is 13.8 Å². The second-order valence-corrected chi connectivity index (χ2v) is 5.22. The van der Waals surface area contributed by atoms with Crippen LogP contribution < -0.4 is 5.32 Å². The molecular weight excluding hydrogens is 174 g/mol. The van der Waals surface area contributed by atoms with E-state index in [2.05, 4.69) is 19.2 Å². The standard InChI is InChI=1S/C12H21NO/c1-8-6-9(2)12(11(14)7-8)10-4-3-5-13-10/h8-10,12-13H,3-7H2,1-2H3. The maximum atomic E-state index is 12.0. The van der Waals surface area contributed by atoms with Crippen LogP contribution in [0.2, 0.25) is 0 Å².